The van der Waals surface area contributed by atoms with Gasteiger partial charge in [0, 0.05) is 10.0 Å². The second kappa shape index (κ2) is 4.72. The zero-order valence-electron chi connectivity index (χ0n) is 8.25. The highest BCUT2D eigenvalue weighted by atomic mass is 79.9. The quantitative estimate of drug-likeness (QED) is 0.842. The highest BCUT2D eigenvalue weighted by Gasteiger charge is 2.24. The van der Waals surface area contributed by atoms with Crippen LogP contribution in [0.15, 0.2) is 16.6 Å². The largest absolute Gasteiger partial charge is 0.467 e. The lowest BCUT2D eigenvalue weighted by atomic mass is 10.1. The number of aliphatic hydroxyl groups excluding tert-OH is 1. The maximum absolute atomic E-state index is 13.4. The minimum atomic E-state index is -1.61. The molecule has 1 aromatic rings. The number of hydrogen-bond acceptors (Lipinski definition) is 3. The number of ether oxygens (including phenoxy) is 1. The lowest BCUT2D eigenvalue weighted by Gasteiger charge is -2.13. The van der Waals surface area contributed by atoms with E-state index in [4.69, 9.17) is 0 Å². The maximum Gasteiger partial charge on any atom is 0.339 e. The van der Waals surface area contributed by atoms with Gasteiger partial charge < -0.3 is 9.84 Å². The standard InChI is InChI=1S/C10H10BrFO3/c1-5-3-4-6(12)7(8(5)11)9(13)10(14)15-2/h3-4,9,13H,1-2H3. The first kappa shape index (κ1) is 12.1. The number of carbonyl (C=O) groups is 1. The molecule has 1 rings (SSSR count). The Morgan fingerprint density at radius 3 is 2.73 bits per heavy atom. The van der Waals surface area contributed by atoms with Gasteiger partial charge in [0.2, 0.25) is 0 Å². The molecule has 0 saturated heterocycles. The number of aliphatic hydroxyl groups is 1. The first-order valence-corrected chi connectivity index (χ1v) is 4.98. The first-order valence-electron chi connectivity index (χ1n) is 4.19. The van der Waals surface area contributed by atoms with E-state index in [1.807, 2.05) is 0 Å². The summed E-state index contributed by atoms with van der Waals surface area (Å²) in [5, 5.41) is 9.53. The molecule has 5 heteroatoms. The fraction of sp³-hybridized carbons (Fsp3) is 0.300. The van der Waals surface area contributed by atoms with Crippen LogP contribution in [-0.4, -0.2) is 18.2 Å². The molecule has 0 aliphatic carbocycles. The Hall–Kier alpha value is -0.940. The molecule has 15 heavy (non-hydrogen) atoms. The summed E-state index contributed by atoms with van der Waals surface area (Å²) in [4.78, 5) is 11.1. The molecule has 0 radical (unpaired) electrons. The summed E-state index contributed by atoms with van der Waals surface area (Å²) in [5.41, 5.74) is 0.635. The lowest BCUT2D eigenvalue weighted by Crippen LogP contribution is -2.15. The van der Waals surface area contributed by atoms with Gasteiger partial charge in [-0.25, -0.2) is 9.18 Å². The number of hydrogen-bond donors (Lipinski definition) is 1. The van der Waals surface area contributed by atoms with Crippen LogP contribution in [-0.2, 0) is 9.53 Å². The Balaban J connectivity index is 3.24. The number of aryl methyl sites for hydroxylation is 1. The molecule has 3 nitrogen and oxygen atoms in total. The molecule has 82 valence electrons. The van der Waals surface area contributed by atoms with Crippen molar-refractivity contribution in [3.63, 3.8) is 0 Å². The molecule has 1 N–H and O–H groups in total. The van der Waals surface area contributed by atoms with Gasteiger partial charge in [0.15, 0.2) is 6.10 Å². The fourth-order valence-electron chi connectivity index (χ4n) is 1.16. The van der Waals surface area contributed by atoms with Crippen molar-refractivity contribution in [2.24, 2.45) is 0 Å². The second-order valence-electron chi connectivity index (χ2n) is 3.02. The van der Waals surface area contributed by atoms with Crippen LogP contribution in [0, 0.1) is 12.7 Å². The number of methoxy groups -OCH3 is 1. The number of carbonyl (C=O) groups excluding carboxylic acids is 1. The zero-order valence-corrected chi connectivity index (χ0v) is 9.84. The molecule has 0 spiro atoms. The van der Waals surface area contributed by atoms with Crippen molar-refractivity contribution < 1.29 is 19.0 Å². The van der Waals surface area contributed by atoms with E-state index in [0.717, 1.165) is 12.7 Å². The van der Waals surface area contributed by atoms with Gasteiger partial charge in [0.1, 0.15) is 5.82 Å². The van der Waals surface area contributed by atoms with Gasteiger partial charge in [-0.1, -0.05) is 22.0 Å². The van der Waals surface area contributed by atoms with E-state index in [-0.39, 0.29) is 5.56 Å². The van der Waals surface area contributed by atoms with Crippen molar-refractivity contribution in [3.05, 3.63) is 33.5 Å². The molecule has 1 atom stereocenters. The molecule has 1 unspecified atom stereocenters. The van der Waals surface area contributed by atoms with Crippen molar-refractivity contribution >= 4 is 21.9 Å². The third-order valence-corrected chi connectivity index (χ3v) is 3.07. The highest BCUT2D eigenvalue weighted by Crippen LogP contribution is 2.29. The maximum atomic E-state index is 13.4. The molecule has 0 fully saturated rings. The third kappa shape index (κ3) is 2.35. The van der Waals surface area contributed by atoms with Gasteiger partial charge in [-0.05, 0) is 18.6 Å². The van der Waals surface area contributed by atoms with Crippen LogP contribution in [0.3, 0.4) is 0 Å². The van der Waals surface area contributed by atoms with Gasteiger partial charge >= 0.3 is 5.97 Å². The summed E-state index contributed by atoms with van der Waals surface area (Å²) >= 11 is 3.12. The van der Waals surface area contributed by atoms with Crippen LogP contribution in [0.25, 0.3) is 0 Å². The van der Waals surface area contributed by atoms with Crippen molar-refractivity contribution in [1.29, 1.82) is 0 Å². The zero-order chi connectivity index (χ0) is 11.6. The predicted molar refractivity (Wildman–Crippen MR) is 55.8 cm³/mol. The SMILES string of the molecule is COC(=O)C(O)c1c(F)ccc(C)c1Br. The average molecular weight is 277 g/mol. The molecular weight excluding hydrogens is 267 g/mol. The molecule has 0 amide bonds. The normalized spacial score (nSPS) is 12.3. The van der Waals surface area contributed by atoms with Gasteiger partial charge in [-0.3, -0.25) is 0 Å². The molecule has 0 aromatic heterocycles. The molecule has 0 heterocycles. The van der Waals surface area contributed by atoms with Crippen LogP contribution in [0.1, 0.15) is 17.2 Å². The van der Waals surface area contributed by atoms with Crippen molar-refractivity contribution in [3.8, 4) is 0 Å². The van der Waals surface area contributed by atoms with E-state index in [9.17, 15) is 14.3 Å². The van der Waals surface area contributed by atoms with Crippen LogP contribution in [0.5, 0.6) is 0 Å². The Morgan fingerprint density at radius 1 is 1.60 bits per heavy atom. The fourth-order valence-corrected chi connectivity index (χ4v) is 1.70. The van der Waals surface area contributed by atoms with E-state index >= 15 is 0 Å². The van der Waals surface area contributed by atoms with E-state index < -0.39 is 17.9 Å². The molecule has 0 saturated carbocycles. The van der Waals surface area contributed by atoms with E-state index in [1.165, 1.54) is 6.07 Å². The van der Waals surface area contributed by atoms with Crippen LogP contribution < -0.4 is 0 Å². The first-order chi connectivity index (χ1) is 6.99. The summed E-state index contributed by atoms with van der Waals surface area (Å²) in [6.07, 6.45) is -1.61. The Kier molecular flexibility index (Phi) is 3.82. The highest BCUT2D eigenvalue weighted by molar-refractivity contribution is 9.10. The van der Waals surface area contributed by atoms with E-state index in [0.29, 0.717) is 4.47 Å². The van der Waals surface area contributed by atoms with Crippen LogP contribution in [0.2, 0.25) is 0 Å². The molecule has 1 aromatic carbocycles. The molecular formula is C10H10BrFO3. The Bertz CT molecular complexity index is 392. The number of esters is 1. The predicted octanol–water partition coefficient (Wildman–Crippen LogP) is 2.10. The number of rotatable bonds is 2. The minimum Gasteiger partial charge on any atom is -0.467 e. The Morgan fingerprint density at radius 2 is 2.20 bits per heavy atom. The lowest BCUT2D eigenvalue weighted by molar-refractivity contribution is -0.150. The van der Waals surface area contributed by atoms with E-state index in [2.05, 4.69) is 20.7 Å². The number of halogens is 2. The molecule has 0 bridgehead atoms. The van der Waals surface area contributed by atoms with Crippen molar-refractivity contribution in [2.75, 3.05) is 7.11 Å². The minimum absolute atomic E-state index is 0.0955. The summed E-state index contributed by atoms with van der Waals surface area (Å²) in [6.45, 7) is 1.73. The molecule has 0 aliphatic rings. The Labute approximate surface area is 95.0 Å². The summed E-state index contributed by atoms with van der Waals surface area (Å²) in [5.74, 6) is -1.54. The summed E-state index contributed by atoms with van der Waals surface area (Å²) < 4.78 is 18.1. The average Bonchev–Trinajstić information content (AvgIpc) is 2.22. The molecule has 0 aliphatic heterocycles. The van der Waals surface area contributed by atoms with Gasteiger partial charge in [0.25, 0.3) is 0 Å². The number of benzene rings is 1. The third-order valence-electron chi connectivity index (χ3n) is 2.02. The summed E-state index contributed by atoms with van der Waals surface area (Å²) in [7, 11) is 1.13. The smallest absolute Gasteiger partial charge is 0.339 e. The van der Waals surface area contributed by atoms with Gasteiger partial charge in [0.05, 0.1) is 7.11 Å². The van der Waals surface area contributed by atoms with Gasteiger partial charge in [-0.2, -0.15) is 0 Å². The monoisotopic (exact) mass is 276 g/mol. The summed E-state index contributed by atoms with van der Waals surface area (Å²) in [6, 6.07) is 2.74. The van der Waals surface area contributed by atoms with Crippen molar-refractivity contribution in [2.45, 2.75) is 13.0 Å². The van der Waals surface area contributed by atoms with Crippen LogP contribution >= 0.6 is 15.9 Å². The topological polar surface area (TPSA) is 46.5 Å². The van der Waals surface area contributed by atoms with Gasteiger partial charge in [-0.15, -0.1) is 0 Å². The second-order valence-corrected chi connectivity index (χ2v) is 3.81. The van der Waals surface area contributed by atoms with Crippen molar-refractivity contribution in [1.82, 2.24) is 0 Å². The van der Waals surface area contributed by atoms with Crippen LogP contribution in [0.4, 0.5) is 4.39 Å². The van der Waals surface area contributed by atoms with E-state index in [1.54, 1.807) is 13.0 Å².